The molecule has 2 N–H and O–H groups in total. The Kier molecular flexibility index (Phi) is 6.54. The lowest BCUT2D eigenvalue weighted by atomic mass is 9.84. The van der Waals surface area contributed by atoms with Gasteiger partial charge in [0.2, 0.25) is 5.75 Å². The second-order valence-corrected chi connectivity index (χ2v) is 5.96. The summed E-state index contributed by atoms with van der Waals surface area (Å²) in [5.41, 5.74) is 7.29. The van der Waals surface area contributed by atoms with E-state index in [9.17, 15) is 0 Å². The molecule has 2 rings (SSSR count). The summed E-state index contributed by atoms with van der Waals surface area (Å²) in [4.78, 5) is 2.54. The molecule has 1 aromatic carbocycles. The van der Waals surface area contributed by atoms with Crippen molar-refractivity contribution < 1.29 is 14.2 Å². The van der Waals surface area contributed by atoms with Crippen molar-refractivity contribution in [1.29, 1.82) is 0 Å². The minimum Gasteiger partial charge on any atom is -0.493 e. The van der Waals surface area contributed by atoms with Crippen LogP contribution in [0.2, 0.25) is 0 Å². The van der Waals surface area contributed by atoms with Crippen LogP contribution in [0.4, 0.5) is 0 Å². The highest BCUT2D eigenvalue weighted by molar-refractivity contribution is 5.57. The van der Waals surface area contributed by atoms with Crippen molar-refractivity contribution in [1.82, 2.24) is 4.90 Å². The van der Waals surface area contributed by atoms with Crippen LogP contribution in [-0.2, 0) is 0 Å². The van der Waals surface area contributed by atoms with E-state index in [0.717, 1.165) is 24.4 Å². The molecule has 2 unspecified atom stereocenters. The molecule has 5 nitrogen and oxygen atoms in total. The molecule has 1 aliphatic heterocycles. The molecule has 0 aliphatic carbocycles. The Bertz CT molecular complexity index is 507. The molecular formula is C18H30N2O3. The monoisotopic (exact) mass is 322 g/mol. The molecule has 0 aromatic heterocycles. The fourth-order valence-electron chi connectivity index (χ4n) is 3.77. The Hall–Kier alpha value is -1.46. The zero-order valence-corrected chi connectivity index (χ0v) is 14.8. The van der Waals surface area contributed by atoms with Gasteiger partial charge in [0.1, 0.15) is 0 Å². The summed E-state index contributed by atoms with van der Waals surface area (Å²) in [6.07, 6.45) is 3.70. The van der Waals surface area contributed by atoms with E-state index in [2.05, 4.69) is 17.9 Å². The first-order valence-corrected chi connectivity index (χ1v) is 8.44. The molecular weight excluding hydrogens is 292 g/mol. The first-order valence-electron chi connectivity index (χ1n) is 8.44. The summed E-state index contributed by atoms with van der Waals surface area (Å²) in [6, 6.07) is 4.46. The van der Waals surface area contributed by atoms with E-state index in [-0.39, 0.29) is 5.92 Å². The normalized spacial score (nSPS) is 20.1. The summed E-state index contributed by atoms with van der Waals surface area (Å²) >= 11 is 0. The largest absolute Gasteiger partial charge is 0.493 e. The van der Waals surface area contributed by atoms with Crippen LogP contribution in [0.15, 0.2) is 12.1 Å². The average Bonchev–Trinajstić information content (AvgIpc) is 2.61. The van der Waals surface area contributed by atoms with Gasteiger partial charge in [-0.1, -0.05) is 19.4 Å². The van der Waals surface area contributed by atoms with Crippen LogP contribution in [-0.4, -0.2) is 51.9 Å². The Balaban J connectivity index is 2.44. The number of piperidine rings is 1. The van der Waals surface area contributed by atoms with Crippen molar-refractivity contribution in [3.8, 4) is 17.2 Å². The van der Waals surface area contributed by atoms with Crippen LogP contribution in [0.25, 0.3) is 0 Å². The Morgan fingerprint density at radius 1 is 1.13 bits per heavy atom. The highest BCUT2D eigenvalue weighted by Gasteiger charge is 2.32. The molecule has 0 radical (unpaired) electrons. The number of likely N-dealkylation sites (N-methyl/N-ethyl adjacent to an activating group) is 1. The zero-order chi connectivity index (χ0) is 16.8. The van der Waals surface area contributed by atoms with Gasteiger partial charge in [0.25, 0.3) is 0 Å². The van der Waals surface area contributed by atoms with E-state index >= 15 is 0 Å². The van der Waals surface area contributed by atoms with Crippen LogP contribution in [0.5, 0.6) is 17.2 Å². The van der Waals surface area contributed by atoms with Crippen LogP contribution in [0, 0.1) is 0 Å². The second-order valence-electron chi connectivity index (χ2n) is 5.96. The van der Waals surface area contributed by atoms with Crippen molar-refractivity contribution in [3.05, 3.63) is 17.7 Å². The molecule has 0 amide bonds. The lowest BCUT2D eigenvalue weighted by molar-refractivity contribution is 0.132. The maximum absolute atomic E-state index is 6.18. The lowest BCUT2D eigenvalue weighted by Gasteiger charge is -2.40. The van der Waals surface area contributed by atoms with Crippen LogP contribution >= 0.6 is 0 Å². The molecule has 23 heavy (non-hydrogen) atoms. The minimum atomic E-state index is 0.227. The number of hydrogen-bond donors (Lipinski definition) is 1. The summed E-state index contributed by atoms with van der Waals surface area (Å²) in [7, 11) is 4.95. The fourth-order valence-corrected chi connectivity index (χ4v) is 3.77. The van der Waals surface area contributed by atoms with Gasteiger partial charge in [-0.25, -0.2) is 0 Å². The molecule has 1 aliphatic rings. The Morgan fingerprint density at radius 3 is 2.43 bits per heavy atom. The molecule has 1 fully saturated rings. The van der Waals surface area contributed by atoms with E-state index in [1.807, 2.05) is 6.07 Å². The van der Waals surface area contributed by atoms with Crippen LogP contribution in [0.1, 0.15) is 37.7 Å². The van der Waals surface area contributed by atoms with Gasteiger partial charge in [0, 0.05) is 24.1 Å². The topological polar surface area (TPSA) is 57.0 Å². The molecule has 0 spiro atoms. The molecule has 1 aromatic rings. The second kappa shape index (κ2) is 8.41. The SMILES string of the molecule is CCN1CCCCC1C(CN)c1ccc(OC)c(OC)c1OC. The third-order valence-corrected chi connectivity index (χ3v) is 4.92. The van der Waals surface area contributed by atoms with Crippen molar-refractivity contribution >= 4 is 0 Å². The third-order valence-electron chi connectivity index (χ3n) is 4.92. The van der Waals surface area contributed by atoms with Gasteiger partial charge in [-0.05, 0) is 32.0 Å². The van der Waals surface area contributed by atoms with E-state index in [0.29, 0.717) is 24.1 Å². The van der Waals surface area contributed by atoms with Gasteiger partial charge in [-0.15, -0.1) is 0 Å². The van der Waals surface area contributed by atoms with Crippen LogP contribution < -0.4 is 19.9 Å². The number of ether oxygens (including phenoxy) is 3. The van der Waals surface area contributed by atoms with Gasteiger partial charge in [0.05, 0.1) is 21.3 Å². The predicted octanol–water partition coefficient (Wildman–Crippen LogP) is 2.63. The van der Waals surface area contributed by atoms with E-state index in [1.165, 1.54) is 19.3 Å². The molecule has 0 bridgehead atoms. The summed E-state index contributed by atoms with van der Waals surface area (Å²) in [6.45, 7) is 5.01. The number of rotatable bonds is 7. The molecule has 1 saturated heterocycles. The maximum Gasteiger partial charge on any atom is 0.203 e. The first kappa shape index (κ1) is 17.9. The summed E-state index contributed by atoms with van der Waals surface area (Å²) < 4.78 is 16.6. The maximum atomic E-state index is 6.18. The number of nitrogens with two attached hydrogens (primary N) is 1. The van der Waals surface area contributed by atoms with Crippen molar-refractivity contribution in [2.75, 3.05) is 41.0 Å². The predicted molar refractivity (Wildman–Crippen MR) is 92.8 cm³/mol. The van der Waals surface area contributed by atoms with Crippen molar-refractivity contribution in [2.45, 2.75) is 38.1 Å². The fraction of sp³-hybridized carbons (Fsp3) is 0.667. The quantitative estimate of drug-likeness (QED) is 0.836. The molecule has 2 atom stereocenters. The first-order chi connectivity index (χ1) is 11.2. The van der Waals surface area contributed by atoms with E-state index < -0.39 is 0 Å². The average molecular weight is 322 g/mol. The minimum absolute atomic E-state index is 0.227. The molecule has 0 saturated carbocycles. The van der Waals surface area contributed by atoms with Gasteiger partial charge in [0.15, 0.2) is 11.5 Å². The van der Waals surface area contributed by atoms with Gasteiger partial charge in [-0.3, -0.25) is 0 Å². The Morgan fingerprint density at radius 2 is 1.87 bits per heavy atom. The van der Waals surface area contributed by atoms with Crippen LogP contribution in [0.3, 0.4) is 0 Å². The molecule has 5 heteroatoms. The smallest absolute Gasteiger partial charge is 0.203 e. The van der Waals surface area contributed by atoms with Gasteiger partial charge < -0.3 is 24.8 Å². The van der Waals surface area contributed by atoms with Gasteiger partial charge in [-0.2, -0.15) is 0 Å². The van der Waals surface area contributed by atoms with E-state index in [1.54, 1.807) is 21.3 Å². The third kappa shape index (κ3) is 3.56. The number of benzene rings is 1. The number of likely N-dealkylation sites (tertiary alicyclic amines) is 1. The van der Waals surface area contributed by atoms with Crippen molar-refractivity contribution in [3.63, 3.8) is 0 Å². The molecule has 1 heterocycles. The highest BCUT2D eigenvalue weighted by Crippen LogP contribution is 2.44. The summed E-state index contributed by atoms with van der Waals surface area (Å²) in [5, 5.41) is 0. The van der Waals surface area contributed by atoms with Gasteiger partial charge >= 0.3 is 0 Å². The highest BCUT2D eigenvalue weighted by atomic mass is 16.5. The molecule has 130 valence electrons. The number of methoxy groups -OCH3 is 3. The van der Waals surface area contributed by atoms with Crippen molar-refractivity contribution in [2.24, 2.45) is 5.73 Å². The number of nitrogens with zero attached hydrogens (tertiary/aromatic N) is 1. The zero-order valence-electron chi connectivity index (χ0n) is 14.8. The lowest BCUT2D eigenvalue weighted by Crippen LogP contribution is -2.45. The Labute approximate surface area is 139 Å². The summed E-state index contributed by atoms with van der Waals surface area (Å²) in [5.74, 6) is 2.29. The standard InChI is InChI=1S/C18H30N2O3/c1-5-20-11-7-6-8-15(20)14(12-19)13-9-10-16(21-2)18(23-4)17(13)22-3/h9-10,14-15H,5-8,11-12,19H2,1-4H3. The van der Waals surface area contributed by atoms with E-state index in [4.69, 9.17) is 19.9 Å². The number of hydrogen-bond acceptors (Lipinski definition) is 5.